The van der Waals surface area contributed by atoms with Crippen molar-refractivity contribution in [2.45, 2.75) is 20.3 Å². The first-order chi connectivity index (χ1) is 7.43. The molecule has 4 heteroatoms. The van der Waals surface area contributed by atoms with Gasteiger partial charge >= 0.3 is 0 Å². The lowest BCUT2D eigenvalue weighted by atomic mass is 9.90. The minimum Gasteiger partial charge on any atom is -0.385 e. The summed E-state index contributed by atoms with van der Waals surface area (Å²) in [7, 11) is 0. The highest BCUT2D eigenvalue weighted by molar-refractivity contribution is 6.35. The summed E-state index contributed by atoms with van der Waals surface area (Å²) in [6.45, 7) is 5.85. The Balaban J connectivity index is 2.49. The smallest absolute Gasteiger partial charge is 0.0441 e. The zero-order chi connectivity index (χ0) is 12.2. The van der Waals surface area contributed by atoms with E-state index >= 15 is 0 Å². The zero-order valence-corrected chi connectivity index (χ0v) is 11.2. The molecule has 2 nitrogen and oxygen atoms in total. The van der Waals surface area contributed by atoms with Crippen molar-refractivity contribution in [3.63, 3.8) is 0 Å². The Bertz CT molecular complexity index is 331. The summed E-state index contributed by atoms with van der Waals surface area (Å²) < 4.78 is 0. The second-order valence-electron chi connectivity index (χ2n) is 4.70. The van der Waals surface area contributed by atoms with E-state index in [0.717, 1.165) is 18.7 Å². The van der Waals surface area contributed by atoms with Gasteiger partial charge in [-0.3, -0.25) is 0 Å². The Morgan fingerprint density at radius 1 is 1.19 bits per heavy atom. The van der Waals surface area contributed by atoms with Gasteiger partial charge in [-0.15, -0.1) is 0 Å². The zero-order valence-electron chi connectivity index (χ0n) is 9.69. The molecule has 0 atom stereocenters. The van der Waals surface area contributed by atoms with Crippen LogP contribution in [-0.2, 0) is 0 Å². The summed E-state index contributed by atoms with van der Waals surface area (Å²) in [5.41, 5.74) is 6.78. The third kappa shape index (κ3) is 4.60. The van der Waals surface area contributed by atoms with E-state index in [-0.39, 0.29) is 5.41 Å². The number of halogens is 2. The van der Waals surface area contributed by atoms with Gasteiger partial charge in [0.1, 0.15) is 0 Å². The largest absolute Gasteiger partial charge is 0.385 e. The maximum absolute atomic E-state index is 5.90. The summed E-state index contributed by atoms with van der Waals surface area (Å²) in [6, 6.07) is 5.45. The van der Waals surface area contributed by atoms with Crippen molar-refractivity contribution in [3.8, 4) is 0 Å². The molecule has 0 heterocycles. The van der Waals surface area contributed by atoms with Crippen molar-refractivity contribution in [2.24, 2.45) is 11.1 Å². The predicted octanol–water partition coefficient (Wildman–Crippen LogP) is 3.78. The normalized spacial score (nSPS) is 11.6. The van der Waals surface area contributed by atoms with E-state index in [2.05, 4.69) is 19.2 Å². The molecule has 0 aliphatic carbocycles. The summed E-state index contributed by atoms with van der Waals surface area (Å²) in [4.78, 5) is 0. The molecular formula is C12H18Cl2N2. The Hall–Kier alpha value is -0.440. The second kappa shape index (κ2) is 5.76. The van der Waals surface area contributed by atoms with Crippen LogP contribution in [0.4, 0.5) is 5.69 Å². The average Bonchev–Trinajstić information content (AvgIpc) is 2.16. The van der Waals surface area contributed by atoms with Crippen molar-refractivity contribution < 1.29 is 0 Å². The van der Waals surface area contributed by atoms with Gasteiger partial charge in [-0.1, -0.05) is 37.0 Å². The molecule has 1 rings (SSSR count). The monoisotopic (exact) mass is 260 g/mol. The highest BCUT2D eigenvalue weighted by Gasteiger charge is 2.14. The van der Waals surface area contributed by atoms with Crippen LogP contribution in [0, 0.1) is 5.41 Å². The molecule has 1 aromatic carbocycles. The quantitative estimate of drug-likeness (QED) is 0.846. The number of anilines is 1. The number of nitrogens with two attached hydrogens (primary N) is 1. The summed E-state index contributed by atoms with van der Waals surface area (Å²) in [5.74, 6) is 0. The molecule has 0 amide bonds. The van der Waals surface area contributed by atoms with Gasteiger partial charge in [0.05, 0.1) is 0 Å². The molecule has 3 N–H and O–H groups in total. The molecule has 0 bridgehead atoms. The van der Waals surface area contributed by atoms with E-state index in [1.54, 1.807) is 6.07 Å². The number of benzene rings is 1. The fourth-order valence-corrected chi connectivity index (χ4v) is 1.83. The molecular weight excluding hydrogens is 243 g/mol. The third-order valence-corrected chi connectivity index (χ3v) is 2.98. The first-order valence-electron chi connectivity index (χ1n) is 5.33. The van der Waals surface area contributed by atoms with Crippen LogP contribution in [0.1, 0.15) is 20.3 Å². The van der Waals surface area contributed by atoms with Gasteiger partial charge in [0.15, 0.2) is 0 Å². The summed E-state index contributed by atoms with van der Waals surface area (Å²) in [5, 5.41) is 4.59. The predicted molar refractivity (Wildman–Crippen MR) is 72.4 cm³/mol. The number of nitrogens with one attached hydrogen (secondary N) is 1. The lowest BCUT2D eigenvalue weighted by Crippen LogP contribution is -2.26. The molecule has 1 aromatic rings. The third-order valence-electron chi connectivity index (χ3n) is 2.55. The summed E-state index contributed by atoms with van der Waals surface area (Å²) in [6.07, 6.45) is 1.01. The molecule has 0 fully saturated rings. The van der Waals surface area contributed by atoms with E-state index in [1.807, 2.05) is 12.1 Å². The Morgan fingerprint density at radius 3 is 2.25 bits per heavy atom. The fourth-order valence-electron chi connectivity index (χ4n) is 1.30. The molecule has 0 spiro atoms. The van der Waals surface area contributed by atoms with Crippen molar-refractivity contribution in [1.82, 2.24) is 0 Å². The van der Waals surface area contributed by atoms with E-state index in [1.165, 1.54) is 0 Å². The summed E-state index contributed by atoms with van der Waals surface area (Å²) >= 11 is 11.8. The van der Waals surface area contributed by atoms with Crippen molar-refractivity contribution in [3.05, 3.63) is 28.2 Å². The molecule has 0 aromatic heterocycles. The molecule has 0 aliphatic rings. The topological polar surface area (TPSA) is 38.0 Å². The number of hydrogen-bond acceptors (Lipinski definition) is 2. The minimum atomic E-state index is 0.162. The van der Waals surface area contributed by atoms with Gasteiger partial charge < -0.3 is 11.1 Å². The van der Waals surface area contributed by atoms with Gasteiger partial charge in [0.2, 0.25) is 0 Å². The lowest BCUT2D eigenvalue weighted by Gasteiger charge is -2.22. The molecule has 90 valence electrons. The molecule has 0 saturated carbocycles. The van der Waals surface area contributed by atoms with Gasteiger partial charge in [-0.05, 0) is 36.6 Å². The Labute approximate surface area is 107 Å². The number of hydrogen-bond donors (Lipinski definition) is 2. The average molecular weight is 261 g/mol. The van der Waals surface area contributed by atoms with Gasteiger partial charge in [-0.2, -0.15) is 0 Å². The maximum Gasteiger partial charge on any atom is 0.0441 e. The van der Waals surface area contributed by atoms with Gasteiger partial charge in [-0.25, -0.2) is 0 Å². The highest BCUT2D eigenvalue weighted by atomic mass is 35.5. The lowest BCUT2D eigenvalue weighted by molar-refractivity contribution is 0.358. The molecule has 0 aliphatic heterocycles. The van der Waals surface area contributed by atoms with Crippen molar-refractivity contribution in [1.29, 1.82) is 0 Å². The first-order valence-corrected chi connectivity index (χ1v) is 6.08. The number of rotatable bonds is 5. The van der Waals surface area contributed by atoms with Crippen LogP contribution in [0.25, 0.3) is 0 Å². The first kappa shape index (κ1) is 13.6. The van der Waals surface area contributed by atoms with Crippen LogP contribution in [0.15, 0.2) is 18.2 Å². The highest BCUT2D eigenvalue weighted by Crippen LogP contribution is 2.23. The van der Waals surface area contributed by atoms with E-state index in [4.69, 9.17) is 28.9 Å². The molecule has 0 radical (unpaired) electrons. The van der Waals surface area contributed by atoms with Gasteiger partial charge in [0.25, 0.3) is 0 Å². The van der Waals surface area contributed by atoms with Crippen LogP contribution >= 0.6 is 23.2 Å². The molecule has 0 unspecified atom stereocenters. The minimum absolute atomic E-state index is 0.162. The molecule has 16 heavy (non-hydrogen) atoms. The van der Waals surface area contributed by atoms with Crippen LogP contribution < -0.4 is 11.1 Å². The van der Waals surface area contributed by atoms with Crippen LogP contribution in [0.2, 0.25) is 10.0 Å². The van der Waals surface area contributed by atoms with Gasteiger partial charge in [0, 0.05) is 22.3 Å². The van der Waals surface area contributed by atoms with Crippen molar-refractivity contribution in [2.75, 3.05) is 18.4 Å². The Morgan fingerprint density at radius 2 is 1.75 bits per heavy atom. The van der Waals surface area contributed by atoms with Crippen LogP contribution in [-0.4, -0.2) is 13.1 Å². The fraction of sp³-hybridized carbons (Fsp3) is 0.500. The van der Waals surface area contributed by atoms with Crippen molar-refractivity contribution >= 4 is 28.9 Å². The Kier molecular flexibility index (Phi) is 4.90. The van der Waals surface area contributed by atoms with E-state index in [9.17, 15) is 0 Å². The van der Waals surface area contributed by atoms with E-state index in [0.29, 0.717) is 16.6 Å². The van der Waals surface area contributed by atoms with E-state index < -0.39 is 0 Å². The standard InChI is InChI=1S/C12H18Cl2N2/c1-12(2,8-15)3-4-16-11-6-9(13)5-10(14)7-11/h5-7,16H,3-4,8,15H2,1-2H3. The maximum atomic E-state index is 5.90. The second-order valence-corrected chi connectivity index (χ2v) is 5.58. The van der Waals surface area contributed by atoms with Crippen LogP contribution in [0.5, 0.6) is 0 Å². The molecule has 0 saturated heterocycles. The van der Waals surface area contributed by atoms with Crippen LogP contribution in [0.3, 0.4) is 0 Å². The SMILES string of the molecule is CC(C)(CN)CCNc1cc(Cl)cc(Cl)c1.